The molecule has 1 aliphatic rings. The van der Waals surface area contributed by atoms with E-state index in [4.69, 9.17) is 0 Å². The predicted molar refractivity (Wildman–Crippen MR) is 120 cm³/mol. The van der Waals surface area contributed by atoms with Crippen LogP contribution >= 0.6 is 15.9 Å². The van der Waals surface area contributed by atoms with Crippen molar-refractivity contribution in [3.63, 3.8) is 0 Å². The number of aromatic hydroxyl groups is 1. The van der Waals surface area contributed by atoms with Crippen molar-refractivity contribution < 1.29 is 17.9 Å². The normalized spacial score (nSPS) is 15.3. The first-order valence-corrected chi connectivity index (χ1v) is 12.5. The number of aromatic nitrogens is 1. The highest BCUT2D eigenvalue weighted by Crippen LogP contribution is 2.37. The monoisotopic (exact) mass is 494 g/mol. The van der Waals surface area contributed by atoms with Gasteiger partial charge in [-0.05, 0) is 71.7 Å². The van der Waals surface area contributed by atoms with Crippen LogP contribution in [0.25, 0.3) is 10.9 Å². The smallest absolute Gasteiger partial charge is 0.160 e. The van der Waals surface area contributed by atoms with Gasteiger partial charge >= 0.3 is 0 Å². The fraction of sp³-hybridized carbons (Fsp3) is 0.364. The van der Waals surface area contributed by atoms with Gasteiger partial charge in [-0.25, -0.2) is 12.8 Å². The van der Waals surface area contributed by atoms with Gasteiger partial charge in [0.05, 0.1) is 16.0 Å². The van der Waals surface area contributed by atoms with E-state index in [1.807, 2.05) is 23.7 Å². The van der Waals surface area contributed by atoms with Gasteiger partial charge in [0.25, 0.3) is 0 Å². The number of rotatable bonds is 6. The van der Waals surface area contributed by atoms with Gasteiger partial charge in [0.2, 0.25) is 0 Å². The Kier molecular flexibility index (Phi) is 5.92. The molecule has 5 nitrogen and oxygen atoms in total. The molecule has 3 aromatic rings. The van der Waals surface area contributed by atoms with E-state index in [-0.39, 0.29) is 23.1 Å². The molecule has 4 rings (SSSR count). The molecule has 1 saturated heterocycles. The van der Waals surface area contributed by atoms with E-state index in [1.165, 1.54) is 24.3 Å². The molecule has 8 heteroatoms. The number of halogens is 2. The van der Waals surface area contributed by atoms with Crippen LogP contribution in [0.5, 0.6) is 5.75 Å². The average molecular weight is 495 g/mol. The lowest BCUT2D eigenvalue weighted by Gasteiger charge is -2.17. The van der Waals surface area contributed by atoms with Crippen molar-refractivity contribution in [2.75, 3.05) is 13.1 Å². The van der Waals surface area contributed by atoms with Crippen molar-refractivity contribution in [1.82, 2.24) is 9.47 Å². The topological polar surface area (TPSA) is 62.5 Å². The van der Waals surface area contributed by atoms with Crippen LogP contribution in [-0.2, 0) is 34.9 Å². The van der Waals surface area contributed by atoms with Gasteiger partial charge in [0.15, 0.2) is 9.84 Å². The minimum absolute atomic E-state index is 0.128. The molecule has 2 aromatic carbocycles. The molecule has 0 atom stereocenters. The van der Waals surface area contributed by atoms with Crippen LogP contribution in [-0.4, -0.2) is 36.1 Å². The minimum Gasteiger partial charge on any atom is -0.506 e. The Morgan fingerprint density at radius 3 is 2.43 bits per heavy atom. The van der Waals surface area contributed by atoms with E-state index >= 15 is 0 Å². The maximum atomic E-state index is 13.1. The van der Waals surface area contributed by atoms with Crippen LogP contribution in [0.3, 0.4) is 0 Å². The summed E-state index contributed by atoms with van der Waals surface area (Å²) in [7, 11) is -1.61. The molecule has 0 bridgehead atoms. The molecule has 0 saturated carbocycles. The van der Waals surface area contributed by atoms with E-state index in [0.717, 1.165) is 42.4 Å². The molecule has 1 aliphatic heterocycles. The summed E-state index contributed by atoms with van der Waals surface area (Å²) in [5.41, 5.74) is 2.91. The Bertz CT molecular complexity index is 1180. The van der Waals surface area contributed by atoms with Crippen molar-refractivity contribution in [3.8, 4) is 5.75 Å². The van der Waals surface area contributed by atoms with Gasteiger partial charge in [-0.15, -0.1) is 0 Å². The maximum absolute atomic E-state index is 13.1. The molecule has 2 heterocycles. The first-order chi connectivity index (χ1) is 14.2. The van der Waals surface area contributed by atoms with Gasteiger partial charge in [-0.2, -0.15) is 0 Å². The number of likely N-dealkylation sites (tertiary alicyclic amines) is 1. The quantitative estimate of drug-likeness (QED) is 0.547. The van der Waals surface area contributed by atoms with Crippen LogP contribution in [0.4, 0.5) is 4.39 Å². The number of aryl methyl sites for hydroxylation is 1. The number of hydrogen-bond acceptors (Lipinski definition) is 4. The molecule has 0 aliphatic carbocycles. The lowest BCUT2D eigenvalue weighted by molar-refractivity contribution is 0.325. The van der Waals surface area contributed by atoms with Crippen LogP contribution < -0.4 is 0 Å². The molecule has 0 unspecified atom stereocenters. The molecule has 160 valence electrons. The van der Waals surface area contributed by atoms with E-state index in [2.05, 4.69) is 20.8 Å². The van der Waals surface area contributed by atoms with Crippen LogP contribution in [0.2, 0.25) is 0 Å². The van der Waals surface area contributed by atoms with Crippen molar-refractivity contribution in [2.45, 2.75) is 30.9 Å². The van der Waals surface area contributed by atoms with Crippen molar-refractivity contribution >= 4 is 36.7 Å². The van der Waals surface area contributed by atoms with Crippen LogP contribution in [0.15, 0.2) is 40.9 Å². The predicted octanol–water partition coefficient (Wildman–Crippen LogP) is 4.50. The Morgan fingerprint density at radius 1 is 1.10 bits per heavy atom. The molecule has 1 aromatic heterocycles. The molecule has 1 fully saturated rings. The Hall–Kier alpha value is -1.90. The summed E-state index contributed by atoms with van der Waals surface area (Å²) in [6.45, 7) is 2.63. The highest BCUT2D eigenvalue weighted by molar-refractivity contribution is 9.10. The number of nitrogens with zero attached hydrogens (tertiary/aromatic N) is 2. The Morgan fingerprint density at radius 2 is 1.77 bits per heavy atom. The maximum Gasteiger partial charge on any atom is 0.160 e. The lowest BCUT2D eigenvalue weighted by Crippen LogP contribution is -2.18. The van der Waals surface area contributed by atoms with E-state index in [0.29, 0.717) is 22.3 Å². The summed E-state index contributed by atoms with van der Waals surface area (Å²) in [5, 5.41) is 11.5. The number of fused-ring (bicyclic) bond motifs is 1. The molecular formula is C22H24BrFN2O3S. The second kappa shape index (κ2) is 8.32. The van der Waals surface area contributed by atoms with Gasteiger partial charge in [0.1, 0.15) is 11.6 Å². The molecule has 30 heavy (non-hydrogen) atoms. The summed E-state index contributed by atoms with van der Waals surface area (Å²) in [5.74, 6) is -0.456. The van der Waals surface area contributed by atoms with Gasteiger partial charge in [-0.1, -0.05) is 12.1 Å². The third kappa shape index (κ3) is 4.40. The van der Waals surface area contributed by atoms with Crippen LogP contribution in [0, 0.1) is 5.82 Å². The standard InChI is InChI=1S/C22H24BrFN2O3S/c1-25-17(14-30(28,29)13-15-4-6-16(24)7-5-15)10-18-19(12-26-8-2-3-9-26)22(27)20(23)11-21(18)25/h4-7,10-11,27H,2-3,8-9,12-14H2,1H3. The summed E-state index contributed by atoms with van der Waals surface area (Å²) < 4.78 is 41.2. The lowest BCUT2D eigenvalue weighted by atomic mass is 10.1. The summed E-state index contributed by atoms with van der Waals surface area (Å²) in [4.78, 5) is 2.30. The molecule has 0 amide bonds. The Labute approximate surface area is 184 Å². The second-order valence-corrected chi connectivity index (χ2v) is 10.9. The molecule has 0 radical (unpaired) electrons. The molecule has 1 N–H and O–H groups in total. The number of hydrogen-bond donors (Lipinski definition) is 1. The fourth-order valence-electron chi connectivity index (χ4n) is 4.12. The highest BCUT2D eigenvalue weighted by atomic mass is 79.9. The fourth-order valence-corrected chi connectivity index (χ4v) is 6.11. The average Bonchev–Trinajstić information content (AvgIpc) is 3.30. The SMILES string of the molecule is Cn1c(CS(=O)(=O)Cc2ccc(F)cc2)cc2c(CN3CCCC3)c(O)c(Br)cc21. The minimum atomic E-state index is -3.45. The van der Waals surface area contributed by atoms with Gasteiger partial charge in [0, 0.05) is 35.8 Å². The summed E-state index contributed by atoms with van der Waals surface area (Å²) in [6.07, 6.45) is 2.30. The number of phenols is 1. The first kappa shape index (κ1) is 21.3. The largest absolute Gasteiger partial charge is 0.506 e. The van der Waals surface area contributed by atoms with E-state index < -0.39 is 9.84 Å². The summed E-state index contributed by atoms with van der Waals surface area (Å²) in [6, 6.07) is 9.23. The zero-order valence-electron chi connectivity index (χ0n) is 16.7. The number of sulfone groups is 1. The van der Waals surface area contributed by atoms with Crippen molar-refractivity contribution in [1.29, 1.82) is 0 Å². The number of benzene rings is 2. The number of phenolic OH excluding ortho intramolecular Hbond substituents is 1. The van der Waals surface area contributed by atoms with Gasteiger partial charge in [-0.3, -0.25) is 4.90 Å². The third-order valence-electron chi connectivity index (χ3n) is 5.73. The second-order valence-electron chi connectivity index (χ2n) is 7.96. The zero-order chi connectivity index (χ0) is 21.5. The molecule has 0 spiro atoms. The van der Waals surface area contributed by atoms with Crippen LogP contribution in [0.1, 0.15) is 29.7 Å². The van der Waals surface area contributed by atoms with Crippen molar-refractivity contribution in [2.24, 2.45) is 7.05 Å². The highest BCUT2D eigenvalue weighted by Gasteiger charge is 2.22. The first-order valence-electron chi connectivity index (χ1n) is 9.89. The zero-order valence-corrected chi connectivity index (χ0v) is 19.1. The van der Waals surface area contributed by atoms with E-state index in [1.54, 1.807) is 0 Å². The molecular weight excluding hydrogens is 471 g/mol. The van der Waals surface area contributed by atoms with Gasteiger partial charge < -0.3 is 9.67 Å². The Balaban J connectivity index is 1.67. The summed E-state index contributed by atoms with van der Waals surface area (Å²) >= 11 is 3.44. The third-order valence-corrected chi connectivity index (χ3v) is 7.84. The van der Waals surface area contributed by atoms with Crippen molar-refractivity contribution in [3.05, 3.63) is 63.5 Å². The van der Waals surface area contributed by atoms with E-state index in [9.17, 15) is 17.9 Å².